The van der Waals surface area contributed by atoms with Gasteiger partial charge in [-0.15, -0.1) is 0 Å². The minimum Gasteiger partial charge on any atom is -0.394 e. The second-order valence-corrected chi connectivity index (χ2v) is 30.8. The first-order valence-corrected chi connectivity index (χ1v) is 35.1. The van der Waals surface area contributed by atoms with Crippen LogP contribution in [-0.4, -0.2) is 287 Å². The Morgan fingerprint density at radius 1 is 0.558 bits per heavy atom. The summed E-state index contributed by atoms with van der Waals surface area (Å²) in [7, 11) is -4.84. The standard InChI is InChI=1S/C64H106O30S/c1-24(2)13-12-18-64(11,78)38-15-14-33-32-22-36(35-21-31(94-95(79,80)81)16-19-62(35,9)34(32)17-20-63(33,38)10)87-56-25(3)51(41(68)28(6)82-56)89-61-55(93-57-47(74)44(71)39(66)26(4)83-57)49(76)52(30(8)86-61)90-60-54(46(73)40(67)27(5)85-60)92-59-50(77)53(42(69)29(7)84-59)91-58-48(75)45(72)43(70)37(23-65)88-58/h13,17,25-33,35-61,65-78H,12,14-16,18-23H2,1-11H3,(H,79,80,81)/t25-,26-,27-,28-,29-,30-,31+,32+,33+,35-,36+,37-,38+,39-,40+,41-,42+,43+,44+,45+,46+,47-,48-,49+,50-,51-,52-,53+,54-,55-,56+,57+,58+,59+,60+,61+,62-,63+,64+/m1/s1. The molecular formula is C64H106O30S. The molecule has 0 unspecified atom stereocenters. The number of rotatable bonds is 19. The predicted octanol–water partition coefficient (Wildman–Crippen LogP) is -1.42. The zero-order chi connectivity index (χ0) is 69.6. The topological polar surface area (TPSA) is 458 Å². The van der Waals surface area contributed by atoms with E-state index in [1.807, 2.05) is 20.8 Å². The van der Waals surface area contributed by atoms with Crippen molar-refractivity contribution in [1.82, 2.24) is 0 Å². The monoisotopic (exact) mass is 1390 g/mol. The highest BCUT2D eigenvalue weighted by Gasteiger charge is 2.64. The molecule has 0 aromatic heterocycles. The molecule has 9 fully saturated rings. The van der Waals surface area contributed by atoms with Gasteiger partial charge in [-0.2, -0.15) is 8.42 Å². The summed E-state index contributed by atoms with van der Waals surface area (Å²) in [4.78, 5) is 0. The van der Waals surface area contributed by atoms with Crippen LogP contribution < -0.4 is 0 Å². The predicted molar refractivity (Wildman–Crippen MR) is 324 cm³/mol. The van der Waals surface area contributed by atoms with E-state index in [9.17, 15) is 84.5 Å². The molecule has 0 amide bonds. The molecule has 4 aliphatic carbocycles. The third-order valence-electron chi connectivity index (χ3n) is 23.0. The number of hydrogen-bond donors (Lipinski definition) is 15. The molecule has 30 nitrogen and oxygen atoms in total. The van der Waals surface area contributed by atoms with Crippen molar-refractivity contribution in [2.45, 2.75) is 330 Å². The molecule has 6 aliphatic heterocycles. The molecule has 10 aliphatic rings. The molecule has 0 radical (unpaired) electrons. The van der Waals surface area contributed by atoms with Gasteiger partial charge in [0, 0.05) is 5.92 Å². The fraction of sp³-hybridized carbons (Fsp3) is 0.938. The molecule has 31 heteroatoms. The van der Waals surface area contributed by atoms with E-state index in [1.165, 1.54) is 38.8 Å². The smallest absolute Gasteiger partial charge is 0.394 e. The summed E-state index contributed by atoms with van der Waals surface area (Å²) in [5.74, 6) is -1.14. The molecule has 548 valence electrons. The molecule has 95 heavy (non-hydrogen) atoms. The first-order chi connectivity index (χ1) is 44.4. The molecule has 3 saturated carbocycles. The molecule has 6 saturated heterocycles. The van der Waals surface area contributed by atoms with Gasteiger partial charge in [-0.3, -0.25) is 4.55 Å². The minimum absolute atomic E-state index is 0.0104. The SMILES string of the molecule is CC(C)=CCC[C@](C)(O)[C@H]1CC[C@H]2[C@@H]3C[C@H](O[C@@H]4O[C@H](C)[C@@H](O)[C@H](O[C@@H]5O[C@H](C)[C@@H](O[C@@H]6O[C@H](C)[C@H](O)[C@H](O)[C@H]6O[C@@H]6O[C@H](C)[C@H](O)[C@H](O[C@@H]7O[C@H](CO)[C@H](O)[C@H](O)[C@H]7O)[C@H]6O)[C@H](O)[C@H]5O[C@@H]5O[C@H](C)[C@@H](O)[C@H](O)[C@H]5O)[C@H]4C)[C@H]4C[C@@H](OS(=O)(=O)O)CC[C@]4(C)C3=CC[C@@]21C. The molecule has 10 rings (SSSR count). The largest absolute Gasteiger partial charge is 0.397 e. The van der Waals surface area contributed by atoms with Gasteiger partial charge in [-0.05, 0) is 148 Å². The number of aliphatic hydroxyl groups excluding tert-OH is 13. The van der Waals surface area contributed by atoms with Crippen molar-refractivity contribution < 1.29 is 145 Å². The number of aliphatic hydroxyl groups is 14. The Balaban J connectivity index is 0.909. The second-order valence-electron chi connectivity index (χ2n) is 29.8. The highest BCUT2D eigenvalue weighted by atomic mass is 32.3. The average Bonchev–Trinajstić information content (AvgIpc) is 1.68. The third kappa shape index (κ3) is 15.1. The Labute approximate surface area is 554 Å². The summed E-state index contributed by atoms with van der Waals surface area (Å²) in [6.45, 7) is 18.6. The van der Waals surface area contributed by atoms with Crippen LogP contribution in [0.15, 0.2) is 23.3 Å². The van der Waals surface area contributed by atoms with Crippen LogP contribution >= 0.6 is 0 Å². The maximum absolute atomic E-state index is 12.7. The van der Waals surface area contributed by atoms with Crippen molar-refractivity contribution >= 4 is 10.4 Å². The van der Waals surface area contributed by atoms with Crippen LogP contribution in [0.25, 0.3) is 0 Å². The maximum Gasteiger partial charge on any atom is 0.397 e. The van der Waals surface area contributed by atoms with E-state index in [1.54, 1.807) is 13.8 Å². The quantitative estimate of drug-likeness (QED) is 0.0521. The molecular weight excluding hydrogens is 1280 g/mol. The number of hydrogen-bond acceptors (Lipinski definition) is 29. The van der Waals surface area contributed by atoms with Crippen LogP contribution in [0.2, 0.25) is 0 Å². The van der Waals surface area contributed by atoms with Gasteiger partial charge in [0.1, 0.15) is 104 Å². The van der Waals surface area contributed by atoms with Gasteiger partial charge in [-0.25, -0.2) is 4.18 Å². The van der Waals surface area contributed by atoms with Crippen molar-refractivity contribution in [3.05, 3.63) is 23.3 Å². The lowest BCUT2D eigenvalue weighted by molar-refractivity contribution is -0.406. The van der Waals surface area contributed by atoms with Crippen LogP contribution in [0.1, 0.15) is 134 Å². The van der Waals surface area contributed by atoms with Crippen LogP contribution in [0.4, 0.5) is 0 Å². The Morgan fingerprint density at radius 2 is 1.06 bits per heavy atom. The molecule has 0 bridgehead atoms. The lowest BCUT2D eigenvalue weighted by Gasteiger charge is -2.60. The highest BCUT2D eigenvalue weighted by Crippen LogP contribution is 2.68. The van der Waals surface area contributed by atoms with Crippen LogP contribution in [0.5, 0.6) is 0 Å². The lowest BCUT2D eigenvalue weighted by Crippen LogP contribution is -2.68. The Hall–Kier alpha value is -1.69. The van der Waals surface area contributed by atoms with E-state index in [2.05, 4.69) is 26.0 Å². The van der Waals surface area contributed by atoms with Crippen molar-refractivity contribution in [2.24, 2.45) is 40.4 Å². The van der Waals surface area contributed by atoms with E-state index < -0.39 is 224 Å². The number of fused-ring (bicyclic) bond motifs is 5. The zero-order valence-electron chi connectivity index (χ0n) is 55.8. The van der Waals surface area contributed by atoms with Crippen molar-refractivity contribution in [3.63, 3.8) is 0 Å². The van der Waals surface area contributed by atoms with Gasteiger partial charge in [0.05, 0.1) is 61.0 Å². The van der Waals surface area contributed by atoms with Crippen molar-refractivity contribution in [1.29, 1.82) is 0 Å². The van der Waals surface area contributed by atoms with Gasteiger partial charge >= 0.3 is 10.4 Å². The van der Waals surface area contributed by atoms with Gasteiger partial charge in [-0.1, -0.05) is 44.1 Å². The lowest BCUT2D eigenvalue weighted by atomic mass is 9.47. The number of ether oxygens (including phenoxy) is 12. The highest BCUT2D eigenvalue weighted by molar-refractivity contribution is 7.80. The van der Waals surface area contributed by atoms with Crippen molar-refractivity contribution in [2.75, 3.05) is 6.61 Å². The van der Waals surface area contributed by atoms with Crippen LogP contribution in [-0.2, 0) is 71.4 Å². The van der Waals surface area contributed by atoms with E-state index in [4.69, 9.17) is 61.0 Å². The summed E-state index contributed by atoms with van der Waals surface area (Å²) in [5, 5.41) is 157. The van der Waals surface area contributed by atoms with E-state index in [0.717, 1.165) is 25.7 Å². The summed E-state index contributed by atoms with van der Waals surface area (Å²) in [6, 6.07) is 0. The molecule has 0 spiro atoms. The summed E-state index contributed by atoms with van der Waals surface area (Å²) in [6.07, 6.45) is -39.1. The zero-order valence-corrected chi connectivity index (χ0v) is 56.6. The van der Waals surface area contributed by atoms with E-state index in [0.29, 0.717) is 25.7 Å². The Morgan fingerprint density at radius 3 is 1.67 bits per heavy atom. The first-order valence-electron chi connectivity index (χ1n) is 33.8. The van der Waals surface area contributed by atoms with Gasteiger partial charge in [0.25, 0.3) is 0 Å². The normalized spacial score (nSPS) is 52.7. The molecule has 15 N–H and O–H groups in total. The Bertz CT molecular complexity index is 2740. The van der Waals surface area contributed by atoms with Gasteiger partial charge in [0.2, 0.25) is 0 Å². The molecule has 0 aromatic rings. The number of allylic oxidation sites excluding steroid dienone is 4. The summed E-state index contributed by atoms with van der Waals surface area (Å²) in [5.41, 5.74) is 0.664. The minimum atomic E-state index is -4.84. The van der Waals surface area contributed by atoms with Gasteiger partial charge < -0.3 is 128 Å². The maximum atomic E-state index is 12.7. The summed E-state index contributed by atoms with van der Waals surface area (Å²) >= 11 is 0. The second kappa shape index (κ2) is 29.6. The molecule has 0 aromatic carbocycles. The first kappa shape index (κ1) is 76.0. The van der Waals surface area contributed by atoms with Crippen molar-refractivity contribution in [3.8, 4) is 0 Å². The van der Waals surface area contributed by atoms with Crippen LogP contribution in [0, 0.1) is 40.4 Å². The fourth-order valence-corrected chi connectivity index (χ4v) is 18.0. The van der Waals surface area contributed by atoms with Crippen LogP contribution in [0.3, 0.4) is 0 Å². The van der Waals surface area contributed by atoms with Gasteiger partial charge in [0.15, 0.2) is 37.7 Å². The Kier molecular flexibility index (Phi) is 23.6. The molecule has 39 atom stereocenters. The van der Waals surface area contributed by atoms with E-state index >= 15 is 0 Å². The average molecular weight is 1390 g/mol. The third-order valence-corrected chi connectivity index (χ3v) is 23.6. The summed E-state index contributed by atoms with van der Waals surface area (Å²) < 4.78 is 115. The fourth-order valence-electron chi connectivity index (χ4n) is 17.5. The molecule has 6 heterocycles. The van der Waals surface area contributed by atoms with E-state index in [-0.39, 0.29) is 35.5 Å².